The van der Waals surface area contributed by atoms with Gasteiger partial charge in [0.1, 0.15) is 0 Å². The van der Waals surface area contributed by atoms with Crippen LogP contribution >= 0.6 is 0 Å². The number of nitrogens with two attached hydrogens (primary N) is 1. The van der Waals surface area contributed by atoms with Crippen LogP contribution in [-0.2, 0) is 0 Å². The van der Waals surface area contributed by atoms with Crippen molar-refractivity contribution in [2.45, 2.75) is 27.7 Å². The van der Waals surface area contributed by atoms with E-state index in [4.69, 9.17) is 10.8 Å². The van der Waals surface area contributed by atoms with Crippen LogP contribution in [0.25, 0.3) is 0 Å². The van der Waals surface area contributed by atoms with Gasteiger partial charge in [-0.05, 0) is 24.3 Å². The molecule has 102 valence electrons. The van der Waals surface area contributed by atoms with Crippen molar-refractivity contribution in [2.24, 2.45) is 0 Å². The lowest BCUT2D eigenvalue weighted by Gasteiger charge is -2.02. The molecule has 0 saturated heterocycles. The summed E-state index contributed by atoms with van der Waals surface area (Å²) < 4.78 is 0. The SMILES string of the molecule is CC.CC.Nc1ccc(C(=O)NCCO)cc1.[HH].[HH]. The number of nitrogen functional groups attached to an aromatic ring is 1. The minimum absolute atomic E-state index is 0. The second-order valence-corrected chi connectivity index (χ2v) is 2.60. The molecule has 0 aromatic heterocycles. The predicted octanol–water partition coefficient (Wildman–Crippen LogP) is 2.54. The normalized spacial score (nSPS) is 8.06. The lowest BCUT2D eigenvalue weighted by molar-refractivity contribution is 0.0945. The first-order valence-electron chi connectivity index (χ1n) is 5.98. The van der Waals surface area contributed by atoms with Crippen LogP contribution < -0.4 is 11.1 Å². The van der Waals surface area contributed by atoms with E-state index in [9.17, 15) is 4.79 Å². The highest BCUT2D eigenvalue weighted by molar-refractivity contribution is 5.94. The van der Waals surface area contributed by atoms with Crippen molar-refractivity contribution < 1.29 is 12.8 Å². The summed E-state index contributed by atoms with van der Waals surface area (Å²) in [5, 5.41) is 11.0. The molecule has 0 aliphatic rings. The maximum Gasteiger partial charge on any atom is 0.251 e. The summed E-state index contributed by atoms with van der Waals surface area (Å²) in [5.41, 5.74) is 6.62. The lowest BCUT2D eigenvalue weighted by Crippen LogP contribution is -2.26. The van der Waals surface area contributed by atoms with Gasteiger partial charge in [-0.2, -0.15) is 0 Å². The fraction of sp³-hybridized carbons (Fsp3) is 0.462. The Balaban J connectivity index is -0.000000171. The standard InChI is InChI=1S/C9H12N2O2.2C2H6.2H2/c10-8-3-1-7(2-4-8)9(13)11-5-6-12;2*1-2;;/h1-4,12H,5-6,10H2,(H,11,13);2*1-2H3;2*1H. The number of aliphatic hydroxyl groups is 1. The Hall–Kier alpha value is -1.55. The third-order valence-electron chi connectivity index (χ3n) is 1.57. The van der Waals surface area contributed by atoms with Gasteiger partial charge in [0.05, 0.1) is 6.61 Å². The summed E-state index contributed by atoms with van der Waals surface area (Å²) in [7, 11) is 0. The number of anilines is 1. The number of aliphatic hydroxyl groups excluding tert-OH is 1. The minimum Gasteiger partial charge on any atom is -0.399 e. The summed E-state index contributed by atoms with van der Waals surface area (Å²) in [6, 6.07) is 6.60. The first kappa shape index (κ1) is 17.8. The van der Waals surface area contributed by atoms with E-state index >= 15 is 0 Å². The van der Waals surface area contributed by atoms with Crippen molar-refractivity contribution >= 4 is 11.6 Å². The molecule has 0 fully saturated rings. The van der Waals surface area contributed by atoms with E-state index in [2.05, 4.69) is 5.32 Å². The number of rotatable bonds is 3. The fourth-order valence-electron chi connectivity index (χ4n) is 0.906. The van der Waals surface area contributed by atoms with Crippen molar-refractivity contribution in [1.29, 1.82) is 0 Å². The molecule has 4 heteroatoms. The molecule has 1 aromatic rings. The third-order valence-corrected chi connectivity index (χ3v) is 1.57. The summed E-state index contributed by atoms with van der Waals surface area (Å²) >= 11 is 0. The zero-order valence-electron chi connectivity index (χ0n) is 11.2. The van der Waals surface area contributed by atoms with Crippen LogP contribution in [0.15, 0.2) is 24.3 Å². The highest BCUT2D eigenvalue weighted by atomic mass is 16.3. The van der Waals surface area contributed by atoms with Crippen molar-refractivity contribution in [3.63, 3.8) is 0 Å². The molecule has 0 heterocycles. The van der Waals surface area contributed by atoms with E-state index in [-0.39, 0.29) is 21.9 Å². The van der Waals surface area contributed by atoms with E-state index in [1.165, 1.54) is 0 Å². The van der Waals surface area contributed by atoms with Crippen LogP contribution in [0.1, 0.15) is 40.9 Å². The van der Waals surface area contributed by atoms with Gasteiger partial charge in [0.25, 0.3) is 5.91 Å². The summed E-state index contributed by atoms with van der Waals surface area (Å²) in [6.07, 6.45) is 0. The van der Waals surface area contributed by atoms with Crippen molar-refractivity contribution in [2.75, 3.05) is 18.9 Å². The van der Waals surface area contributed by atoms with Crippen LogP contribution in [-0.4, -0.2) is 24.2 Å². The van der Waals surface area contributed by atoms with Gasteiger partial charge in [0, 0.05) is 20.6 Å². The summed E-state index contributed by atoms with van der Waals surface area (Å²) in [5.74, 6) is -0.200. The Morgan fingerprint density at radius 2 is 1.71 bits per heavy atom. The number of hydrogen-bond donors (Lipinski definition) is 3. The molecular weight excluding hydrogens is 216 g/mol. The lowest BCUT2D eigenvalue weighted by atomic mass is 10.2. The molecule has 1 amide bonds. The Labute approximate surface area is 107 Å². The van der Waals surface area contributed by atoms with Gasteiger partial charge in [-0.3, -0.25) is 4.79 Å². The zero-order chi connectivity index (χ0) is 13.7. The quantitative estimate of drug-likeness (QED) is 0.715. The second kappa shape index (κ2) is 12.5. The third kappa shape index (κ3) is 8.28. The summed E-state index contributed by atoms with van der Waals surface area (Å²) in [4.78, 5) is 11.3. The van der Waals surface area contributed by atoms with E-state index in [1.807, 2.05) is 27.7 Å². The van der Waals surface area contributed by atoms with Crippen LogP contribution in [0.2, 0.25) is 0 Å². The van der Waals surface area contributed by atoms with E-state index in [0.29, 0.717) is 11.3 Å². The monoisotopic (exact) mass is 244 g/mol. The van der Waals surface area contributed by atoms with Crippen LogP contribution in [0.3, 0.4) is 0 Å². The minimum atomic E-state index is -0.200. The molecule has 0 unspecified atom stereocenters. The van der Waals surface area contributed by atoms with Gasteiger partial charge in [-0.15, -0.1) is 0 Å². The van der Waals surface area contributed by atoms with E-state index < -0.39 is 0 Å². The first-order valence-corrected chi connectivity index (χ1v) is 5.98. The molecule has 0 aliphatic heterocycles. The molecule has 0 saturated carbocycles. The molecule has 0 radical (unpaired) electrons. The van der Waals surface area contributed by atoms with E-state index in [0.717, 1.165) is 0 Å². The first-order chi connectivity index (χ1) is 8.24. The van der Waals surface area contributed by atoms with Gasteiger partial charge in [0.2, 0.25) is 0 Å². The number of carbonyl (C=O) groups is 1. The van der Waals surface area contributed by atoms with E-state index in [1.54, 1.807) is 24.3 Å². The molecule has 1 rings (SSSR count). The number of hydrogen-bond acceptors (Lipinski definition) is 3. The number of benzene rings is 1. The molecule has 1 aromatic carbocycles. The molecule has 4 nitrogen and oxygen atoms in total. The smallest absolute Gasteiger partial charge is 0.251 e. The van der Waals surface area contributed by atoms with Gasteiger partial charge in [-0.1, -0.05) is 27.7 Å². The Morgan fingerprint density at radius 1 is 1.24 bits per heavy atom. The molecule has 0 bridgehead atoms. The largest absolute Gasteiger partial charge is 0.399 e. The number of nitrogens with one attached hydrogen (secondary N) is 1. The maximum absolute atomic E-state index is 11.3. The van der Waals surface area contributed by atoms with Crippen LogP contribution in [0, 0.1) is 0 Å². The van der Waals surface area contributed by atoms with Crippen molar-refractivity contribution in [3.05, 3.63) is 29.8 Å². The Kier molecular flexibility index (Phi) is 13.1. The predicted molar refractivity (Wildman–Crippen MR) is 77.2 cm³/mol. The number of carbonyl (C=O) groups excluding carboxylic acids is 1. The average Bonchev–Trinajstić information content (AvgIpc) is 2.41. The second-order valence-electron chi connectivity index (χ2n) is 2.60. The fourth-order valence-corrected chi connectivity index (χ4v) is 0.906. The Morgan fingerprint density at radius 3 is 2.12 bits per heavy atom. The van der Waals surface area contributed by atoms with Crippen molar-refractivity contribution in [3.8, 4) is 0 Å². The van der Waals surface area contributed by atoms with Gasteiger partial charge in [-0.25, -0.2) is 0 Å². The van der Waals surface area contributed by atoms with Crippen molar-refractivity contribution in [1.82, 2.24) is 5.32 Å². The van der Waals surface area contributed by atoms with Gasteiger partial charge >= 0.3 is 0 Å². The highest BCUT2D eigenvalue weighted by Gasteiger charge is 2.02. The summed E-state index contributed by atoms with van der Waals surface area (Å²) in [6.45, 7) is 8.21. The van der Waals surface area contributed by atoms with Gasteiger partial charge < -0.3 is 16.2 Å². The highest BCUT2D eigenvalue weighted by Crippen LogP contribution is 2.04. The van der Waals surface area contributed by atoms with Crippen LogP contribution in [0.4, 0.5) is 5.69 Å². The van der Waals surface area contributed by atoms with Crippen LogP contribution in [0.5, 0.6) is 0 Å². The topological polar surface area (TPSA) is 75.4 Å². The Bertz CT molecular complexity index is 293. The molecule has 4 N–H and O–H groups in total. The van der Waals surface area contributed by atoms with Gasteiger partial charge in [0.15, 0.2) is 0 Å². The zero-order valence-corrected chi connectivity index (χ0v) is 11.2. The molecule has 0 atom stereocenters. The average molecular weight is 244 g/mol. The number of amides is 1. The molecule has 0 aliphatic carbocycles. The molecule has 17 heavy (non-hydrogen) atoms. The molecule has 0 spiro atoms. The molecular formula is C13H28N2O2. The maximum atomic E-state index is 11.3.